The van der Waals surface area contributed by atoms with E-state index in [1.165, 1.54) is 0 Å². The molecule has 3 heteroatoms. The second kappa shape index (κ2) is 1.79. The highest BCUT2D eigenvalue weighted by molar-refractivity contribution is 5.18. The molecule has 1 N–H and O–H groups in total. The van der Waals surface area contributed by atoms with Crippen LogP contribution in [-0.2, 0) is 15.7 Å². The molecule has 1 aromatic rings. The van der Waals surface area contributed by atoms with Gasteiger partial charge >= 0.3 is 5.97 Å². The molecule has 1 heterocycles. The van der Waals surface area contributed by atoms with Crippen LogP contribution in [0.3, 0.4) is 0 Å². The summed E-state index contributed by atoms with van der Waals surface area (Å²) in [6, 6.07) is 8.92. The number of benzene rings is 1. The fourth-order valence-corrected chi connectivity index (χ4v) is 0.784. The monoisotopic (exact) mass is 138 g/mol. The normalized spacial score (nSPS) is 20.5. The summed E-state index contributed by atoms with van der Waals surface area (Å²) in [5, 5.41) is 9.16. The Bertz CT molecular complexity index is 228. The molecule has 0 saturated carbocycles. The van der Waals surface area contributed by atoms with E-state index in [0.29, 0.717) is 5.56 Å². The summed E-state index contributed by atoms with van der Waals surface area (Å²) in [6.07, 6.45) is 0. The van der Waals surface area contributed by atoms with Gasteiger partial charge in [0.25, 0.3) is 0 Å². The van der Waals surface area contributed by atoms with Crippen LogP contribution in [0.5, 0.6) is 0 Å². The van der Waals surface area contributed by atoms with Crippen LogP contribution in [0.1, 0.15) is 5.56 Å². The van der Waals surface area contributed by atoms with Gasteiger partial charge in [0, 0.05) is 5.56 Å². The Kier molecular flexibility index (Phi) is 1.05. The lowest BCUT2D eigenvalue weighted by Gasteiger charge is -1.95. The Morgan fingerprint density at radius 3 is 2.20 bits per heavy atom. The summed E-state index contributed by atoms with van der Waals surface area (Å²) >= 11 is 0. The second-order valence-corrected chi connectivity index (χ2v) is 2.11. The molecular weight excluding hydrogens is 132 g/mol. The molecule has 3 nitrogen and oxygen atoms in total. The van der Waals surface area contributed by atoms with E-state index in [4.69, 9.17) is 5.11 Å². The van der Waals surface area contributed by atoms with Gasteiger partial charge in [-0.15, -0.1) is 0 Å². The standard InChI is InChI=1S/C7H6O3/c8-7(9-10-7)6-4-2-1-3-5-6/h1-5,8H. The molecule has 0 aliphatic carbocycles. The van der Waals surface area contributed by atoms with Crippen molar-refractivity contribution >= 4 is 0 Å². The lowest BCUT2D eigenvalue weighted by Crippen LogP contribution is -2.04. The van der Waals surface area contributed by atoms with Crippen molar-refractivity contribution in [2.24, 2.45) is 0 Å². The third-order valence-corrected chi connectivity index (χ3v) is 1.38. The summed E-state index contributed by atoms with van der Waals surface area (Å²) in [6.45, 7) is 0. The molecular formula is C7H6O3. The van der Waals surface area contributed by atoms with Crippen LogP contribution in [0.4, 0.5) is 0 Å². The van der Waals surface area contributed by atoms with Crippen molar-refractivity contribution in [1.29, 1.82) is 0 Å². The first-order chi connectivity index (χ1) is 4.81. The second-order valence-electron chi connectivity index (χ2n) is 2.11. The van der Waals surface area contributed by atoms with Gasteiger partial charge in [0.15, 0.2) is 0 Å². The number of hydrogen-bond donors (Lipinski definition) is 1. The first-order valence-corrected chi connectivity index (χ1v) is 2.96. The Morgan fingerprint density at radius 1 is 1.10 bits per heavy atom. The van der Waals surface area contributed by atoms with Crippen molar-refractivity contribution in [3.05, 3.63) is 35.9 Å². The van der Waals surface area contributed by atoms with E-state index in [-0.39, 0.29) is 0 Å². The number of hydrogen-bond acceptors (Lipinski definition) is 3. The minimum atomic E-state index is -1.46. The van der Waals surface area contributed by atoms with E-state index in [0.717, 1.165) is 0 Å². The predicted molar refractivity (Wildman–Crippen MR) is 32.5 cm³/mol. The van der Waals surface area contributed by atoms with Crippen molar-refractivity contribution < 1.29 is 14.9 Å². The Morgan fingerprint density at radius 2 is 1.70 bits per heavy atom. The fraction of sp³-hybridized carbons (Fsp3) is 0.143. The molecule has 2 rings (SSSR count). The zero-order valence-corrected chi connectivity index (χ0v) is 5.15. The number of rotatable bonds is 1. The first kappa shape index (κ1) is 5.85. The van der Waals surface area contributed by atoms with Gasteiger partial charge in [-0.1, -0.05) is 30.3 Å². The lowest BCUT2D eigenvalue weighted by atomic mass is 10.2. The molecule has 1 aliphatic rings. The van der Waals surface area contributed by atoms with Gasteiger partial charge in [0.2, 0.25) is 0 Å². The van der Waals surface area contributed by atoms with Crippen LogP contribution in [0.25, 0.3) is 0 Å². The van der Waals surface area contributed by atoms with Gasteiger partial charge < -0.3 is 5.11 Å². The molecule has 0 spiro atoms. The molecule has 0 aromatic heterocycles. The van der Waals surface area contributed by atoms with Crippen LogP contribution in [0.2, 0.25) is 0 Å². The summed E-state index contributed by atoms with van der Waals surface area (Å²) in [7, 11) is 0. The van der Waals surface area contributed by atoms with E-state index in [2.05, 4.69) is 9.78 Å². The molecule has 1 aromatic carbocycles. The van der Waals surface area contributed by atoms with E-state index in [9.17, 15) is 0 Å². The van der Waals surface area contributed by atoms with Crippen molar-refractivity contribution in [3.63, 3.8) is 0 Å². The highest BCUT2D eigenvalue weighted by Gasteiger charge is 2.49. The highest BCUT2D eigenvalue weighted by Crippen LogP contribution is 2.36. The van der Waals surface area contributed by atoms with Crippen LogP contribution in [-0.4, -0.2) is 5.11 Å². The summed E-state index contributed by atoms with van der Waals surface area (Å²) in [5.74, 6) is -1.46. The van der Waals surface area contributed by atoms with Gasteiger partial charge in [0.1, 0.15) is 0 Å². The Hall–Kier alpha value is -0.900. The maximum atomic E-state index is 9.16. The largest absolute Gasteiger partial charge is 0.365 e. The summed E-state index contributed by atoms with van der Waals surface area (Å²) in [5.41, 5.74) is 0.620. The Balaban J connectivity index is 2.35. The molecule has 52 valence electrons. The first-order valence-electron chi connectivity index (χ1n) is 2.96. The molecule has 0 unspecified atom stereocenters. The van der Waals surface area contributed by atoms with Crippen molar-refractivity contribution in [1.82, 2.24) is 0 Å². The summed E-state index contributed by atoms with van der Waals surface area (Å²) in [4.78, 5) is 8.68. The third-order valence-electron chi connectivity index (χ3n) is 1.38. The van der Waals surface area contributed by atoms with Gasteiger partial charge in [-0.25, -0.2) is 0 Å². The van der Waals surface area contributed by atoms with E-state index in [1.54, 1.807) is 24.3 Å². The van der Waals surface area contributed by atoms with Crippen molar-refractivity contribution in [2.45, 2.75) is 5.97 Å². The zero-order chi connectivity index (χ0) is 7.03. The SMILES string of the molecule is OC1(c2ccccc2)OO1. The minimum absolute atomic E-state index is 0.620. The fourth-order valence-electron chi connectivity index (χ4n) is 0.784. The Labute approximate surface area is 57.7 Å². The van der Waals surface area contributed by atoms with Crippen LogP contribution < -0.4 is 0 Å². The van der Waals surface area contributed by atoms with Crippen LogP contribution in [0.15, 0.2) is 30.3 Å². The molecule has 0 bridgehead atoms. The molecule has 1 saturated heterocycles. The third kappa shape index (κ3) is 0.806. The molecule has 0 radical (unpaired) electrons. The highest BCUT2D eigenvalue weighted by atomic mass is 17.4. The number of aliphatic hydroxyl groups is 1. The molecule has 0 amide bonds. The van der Waals surface area contributed by atoms with Crippen LogP contribution >= 0.6 is 0 Å². The van der Waals surface area contributed by atoms with E-state index >= 15 is 0 Å². The topological polar surface area (TPSA) is 45.3 Å². The molecule has 1 fully saturated rings. The average Bonchev–Trinajstić information content (AvgIpc) is 2.72. The lowest BCUT2D eigenvalue weighted by molar-refractivity contribution is 0.0264. The van der Waals surface area contributed by atoms with Gasteiger partial charge in [-0.2, -0.15) is 9.78 Å². The van der Waals surface area contributed by atoms with Crippen molar-refractivity contribution in [2.75, 3.05) is 0 Å². The molecule has 0 atom stereocenters. The quantitative estimate of drug-likeness (QED) is 0.460. The molecule has 10 heavy (non-hydrogen) atoms. The predicted octanol–water partition coefficient (Wildman–Crippen LogP) is 0.751. The van der Waals surface area contributed by atoms with Gasteiger partial charge in [-0.3, -0.25) is 0 Å². The zero-order valence-electron chi connectivity index (χ0n) is 5.15. The smallest absolute Gasteiger partial charge is 0.336 e. The maximum absolute atomic E-state index is 9.16. The summed E-state index contributed by atoms with van der Waals surface area (Å²) < 4.78 is 0. The van der Waals surface area contributed by atoms with Gasteiger partial charge in [0.05, 0.1) is 0 Å². The van der Waals surface area contributed by atoms with E-state index in [1.807, 2.05) is 6.07 Å². The maximum Gasteiger partial charge on any atom is 0.365 e. The molecule has 1 aliphatic heterocycles. The van der Waals surface area contributed by atoms with Crippen molar-refractivity contribution in [3.8, 4) is 0 Å². The van der Waals surface area contributed by atoms with Crippen LogP contribution in [0, 0.1) is 0 Å². The minimum Gasteiger partial charge on any atom is -0.336 e. The van der Waals surface area contributed by atoms with E-state index < -0.39 is 5.97 Å². The average molecular weight is 138 g/mol. The van der Waals surface area contributed by atoms with Gasteiger partial charge in [-0.05, 0) is 0 Å².